The molecule has 0 bridgehead atoms. The first-order valence-corrected chi connectivity index (χ1v) is 7.75. The average Bonchev–Trinajstić information content (AvgIpc) is 2.40. The fourth-order valence-electron chi connectivity index (χ4n) is 2.76. The van der Waals surface area contributed by atoms with E-state index < -0.39 is 5.97 Å². The van der Waals surface area contributed by atoms with Gasteiger partial charge in [0.25, 0.3) is 0 Å². The molecule has 2 unspecified atom stereocenters. The van der Waals surface area contributed by atoms with Gasteiger partial charge in [-0.3, -0.25) is 0 Å². The maximum absolute atomic E-state index is 10.7. The van der Waals surface area contributed by atoms with Crippen molar-refractivity contribution >= 4 is 33.7 Å². The largest absolute Gasteiger partial charge is 0.478 e. The lowest BCUT2D eigenvalue weighted by Crippen LogP contribution is -2.42. The van der Waals surface area contributed by atoms with Gasteiger partial charge < -0.3 is 10.0 Å². The first-order chi connectivity index (χ1) is 9.49. The van der Waals surface area contributed by atoms with Crippen molar-refractivity contribution in [2.45, 2.75) is 32.7 Å². The number of anilines is 1. The van der Waals surface area contributed by atoms with E-state index in [0.717, 1.165) is 22.3 Å². The van der Waals surface area contributed by atoms with Crippen molar-refractivity contribution in [1.29, 1.82) is 0 Å². The fourth-order valence-corrected chi connectivity index (χ4v) is 3.14. The fraction of sp³-hybridized carbons (Fsp3) is 0.438. The molecule has 4 heteroatoms. The Morgan fingerprint density at radius 3 is 2.90 bits per heavy atom. The Labute approximate surface area is 128 Å². The topological polar surface area (TPSA) is 40.5 Å². The van der Waals surface area contributed by atoms with Gasteiger partial charge in [0.1, 0.15) is 0 Å². The molecule has 0 radical (unpaired) electrons. The van der Waals surface area contributed by atoms with E-state index in [-0.39, 0.29) is 0 Å². The smallest absolute Gasteiger partial charge is 0.328 e. The standard InChI is InChI=1S/C16H20BrNO2/c1-11-4-3-9-18(12(11)2)15-7-6-14(17)10-13(15)5-8-16(19)20/h5-8,10-12H,3-4,9H2,1-2H3,(H,19,20)/b8-5+. The molecular weight excluding hydrogens is 318 g/mol. The summed E-state index contributed by atoms with van der Waals surface area (Å²) in [7, 11) is 0. The van der Waals surface area contributed by atoms with E-state index >= 15 is 0 Å². The van der Waals surface area contributed by atoms with Gasteiger partial charge >= 0.3 is 5.97 Å². The molecule has 0 spiro atoms. The normalized spacial score (nSPS) is 23.2. The summed E-state index contributed by atoms with van der Waals surface area (Å²) in [6, 6.07) is 6.53. The first kappa shape index (κ1) is 15.1. The molecule has 0 saturated carbocycles. The molecular formula is C16H20BrNO2. The van der Waals surface area contributed by atoms with Crippen molar-refractivity contribution in [3.63, 3.8) is 0 Å². The van der Waals surface area contributed by atoms with Crippen LogP contribution in [-0.2, 0) is 4.79 Å². The summed E-state index contributed by atoms with van der Waals surface area (Å²) < 4.78 is 0.962. The van der Waals surface area contributed by atoms with Crippen molar-refractivity contribution in [2.24, 2.45) is 5.92 Å². The lowest BCUT2D eigenvalue weighted by atomic mass is 9.91. The van der Waals surface area contributed by atoms with Gasteiger partial charge in [-0.15, -0.1) is 0 Å². The maximum Gasteiger partial charge on any atom is 0.328 e. The third-order valence-electron chi connectivity index (χ3n) is 4.08. The number of aliphatic carboxylic acids is 1. The predicted molar refractivity (Wildman–Crippen MR) is 86.0 cm³/mol. The van der Waals surface area contributed by atoms with Crippen LogP contribution >= 0.6 is 15.9 Å². The summed E-state index contributed by atoms with van der Waals surface area (Å²) >= 11 is 3.45. The summed E-state index contributed by atoms with van der Waals surface area (Å²) in [5.74, 6) is -0.264. The van der Waals surface area contributed by atoms with Crippen molar-refractivity contribution in [3.05, 3.63) is 34.3 Å². The van der Waals surface area contributed by atoms with Crippen molar-refractivity contribution in [2.75, 3.05) is 11.4 Å². The van der Waals surface area contributed by atoms with Gasteiger partial charge in [-0.05, 0) is 55.5 Å². The zero-order chi connectivity index (χ0) is 14.7. The second-order valence-electron chi connectivity index (χ2n) is 5.43. The highest BCUT2D eigenvalue weighted by molar-refractivity contribution is 9.10. The third-order valence-corrected chi connectivity index (χ3v) is 4.57. The summed E-state index contributed by atoms with van der Waals surface area (Å²) in [4.78, 5) is 13.1. The molecule has 20 heavy (non-hydrogen) atoms. The molecule has 1 heterocycles. The lowest BCUT2D eigenvalue weighted by molar-refractivity contribution is -0.131. The van der Waals surface area contributed by atoms with Gasteiger partial charge in [0.2, 0.25) is 0 Å². The van der Waals surface area contributed by atoms with Crippen LogP contribution in [0.5, 0.6) is 0 Å². The molecule has 1 aliphatic heterocycles. The predicted octanol–water partition coefficient (Wildman–Crippen LogP) is 4.17. The summed E-state index contributed by atoms with van der Waals surface area (Å²) in [6.45, 7) is 5.56. The highest BCUT2D eigenvalue weighted by Crippen LogP contribution is 2.32. The number of hydrogen-bond donors (Lipinski definition) is 1. The Bertz CT molecular complexity index is 527. The van der Waals surface area contributed by atoms with Gasteiger partial charge in [-0.1, -0.05) is 22.9 Å². The molecule has 0 amide bonds. The zero-order valence-corrected chi connectivity index (χ0v) is 13.4. The molecule has 2 atom stereocenters. The molecule has 0 aliphatic carbocycles. The van der Waals surface area contributed by atoms with E-state index in [1.165, 1.54) is 18.9 Å². The zero-order valence-electron chi connectivity index (χ0n) is 11.8. The number of nitrogens with zero attached hydrogens (tertiary/aromatic N) is 1. The van der Waals surface area contributed by atoms with Gasteiger partial charge in [-0.2, -0.15) is 0 Å². The number of halogens is 1. The minimum Gasteiger partial charge on any atom is -0.478 e. The molecule has 0 aromatic heterocycles. The minimum atomic E-state index is -0.920. The highest BCUT2D eigenvalue weighted by atomic mass is 79.9. The Morgan fingerprint density at radius 2 is 2.20 bits per heavy atom. The van der Waals surface area contributed by atoms with Crippen LogP contribution in [-0.4, -0.2) is 23.7 Å². The Kier molecular flexibility index (Phi) is 4.86. The Balaban J connectivity index is 2.37. The molecule has 1 aromatic carbocycles. The first-order valence-electron chi connectivity index (χ1n) is 6.96. The number of hydrogen-bond acceptors (Lipinski definition) is 2. The van der Waals surface area contributed by atoms with Gasteiger partial charge in [0, 0.05) is 28.8 Å². The number of benzene rings is 1. The molecule has 1 fully saturated rings. The number of piperidine rings is 1. The number of carboxylic acids is 1. The molecule has 108 valence electrons. The Morgan fingerprint density at radius 1 is 1.45 bits per heavy atom. The van der Waals surface area contributed by atoms with Crippen LogP contribution < -0.4 is 4.90 Å². The quantitative estimate of drug-likeness (QED) is 0.841. The van der Waals surface area contributed by atoms with Crippen molar-refractivity contribution in [3.8, 4) is 0 Å². The van der Waals surface area contributed by atoms with Crippen LogP contribution in [0.25, 0.3) is 6.08 Å². The van der Waals surface area contributed by atoms with Gasteiger partial charge in [0.15, 0.2) is 0 Å². The van der Waals surface area contributed by atoms with Crippen LogP contribution in [0, 0.1) is 5.92 Å². The van der Waals surface area contributed by atoms with Gasteiger partial charge in [-0.25, -0.2) is 4.79 Å². The highest BCUT2D eigenvalue weighted by Gasteiger charge is 2.25. The van der Waals surface area contributed by atoms with E-state index in [1.54, 1.807) is 6.08 Å². The van der Waals surface area contributed by atoms with Crippen LogP contribution in [0.4, 0.5) is 5.69 Å². The van der Waals surface area contributed by atoms with Crippen LogP contribution in [0.1, 0.15) is 32.3 Å². The molecule has 1 aliphatic rings. The average molecular weight is 338 g/mol. The van der Waals surface area contributed by atoms with Crippen LogP contribution in [0.3, 0.4) is 0 Å². The second kappa shape index (κ2) is 6.44. The summed E-state index contributed by atoms with van der Waals surface area (Å²) in [5, 5.41) is 8.83. The van der Waals surface area contributed by atoms with E-state index in [9.17, 15) is 4.79 Å². The van der Waals surface area contributed by atoms with Crippen molar-refractivity contribution < 1.29 is 9.90 Å². The monoisotopic (exact) mass is 337 g/mol. The summed E-state index contributed by atoms with van der Waals surface area (Å²) in [5.41, 5.74) is 2.06. The number of carbonyl (C=O) groups is 1. The van der Waals surface area contributed by atoms with Crippen molar-refractivity contribution in [1.82, 2.24) is 0 Å². The lowest BCUT2D eigenvalue weighted by Gasteiger charge is -2.40. The van der Waals surface area contributed by atoms with E-state index in [0.29, 0.717) is 12.0 Å². The van der Waals surface area contributed by atoms with E-state index in [1.807, 2.05) is 12.1 Å². The minimum absolute atomic E-state index is 0.474. The maximum atomic E-state index is 10.7. The van der Waals surface area contributed by atoms with Crippen LogP contribution in [0.2, 0.25) is 0 Å². The second-order valence-corrected chi connectivity index (χ2v) is 6.34. The van der Waals surface area contributed by atoms with E-state index in [2.05, 4.69) is 40.7 Å². The molecule has 1 saturated heterocycles. The number of rotatable bonds is 3. The molecule has 3 nitrogen and oxygen atoms in total. The molecule has 2 rings (SSSR count). The van der Waals surface area contributed by atoms with E-state index in [4.69, 9.17) is 5.11 Å². The number of carboxylic acid groups (broad SMARTS) is 1. The van der Waals surface area contributed by atoms with Crippen LogP contribution in [0.15, 0.2) is 28.7 Å². The Hall–Kier alpha value is -1.29. The summed E-state index contributed by atoms with van der Waals surface area (Å²) in [6.07, 6.45) is 5.32. The van der Waals surface area contributed by atoms with Gasteiger partial charge in [0.05, 0.1) is 0 Å². The third kappa shape index (κ3) is 3.42. The molecule has 1 aromatic rings. The molecule has 1 N–H and O–H groups in total. The SMILES string of the molecule is CC1CCCN(c2ccc(Br)cc2/C=C/C(=O)O)C1C.